The van der Waals surface area contributed by atoms with Crippen molar-refractivity contribution in [2.75, 3.05) is 5.32 Å². The lowest BCUT2D eigenvalue weighted by Crippen LogP contribution is -2.18. The summed E-state index contributed by atoms with van der Waals surface area (Å²) in [5.74, 6) is 0.100. The lowest BCUT2D eigenvalue weighted by molar-refractivity contribution is 0.259. The second kappa shape index (κ2) is 4.23. The largest absolute Gasteiger partial charge is 0.351 e. The van der Waals surface area contributed by atoms with Crippen LogP contribution in [-0.4, -0.2) is 15.4 Å². The summed E-state index contributed by atoms with van der Waals surface area (Å²) in [7, 11) is 0. The summed E-state index contributed by atoms with van der Waals surface area (Å²) in [5.41, 5.74) is 5.61. The molecule has 1 aromatic heterocycles. The molecule has 7 heteroatoms. The third-order valence-corrected chi connectivity index (χ3v) is 2.39. The number of rotatable bonds is 2. The fraction of sp³-hybridized carbons (Fsp3) is 0. The van der Waals surface area contributed by atoms with Crippen molar-refractivity contribution in [2.24, 2.45) is 5.73 Å². The van der Waals surface area contributed by atoms with Crippen LogP contribution in [-0.2, 0) is 0 Å². The average Bonchev–Trinajstić information content (AvgIpc) is 2.66. The van der Waals surface area contributed by atoms with E-state index >= 15 is 0 Å². The van der Waals surface area contributed by atoms with Gasteiger partial charge >= 0.3 is 6.03 Å². The minimum Gasteiger partial charge on any atom is -0.351 e. The molecule has 0 spiro atoms. The van der Waals surface area contributed by atoms with Crippen LogP contribution < -0.4 is 11.1 Å². The van der Waals surface area contributed by atoms with Gasteiger partial charge in [0.25, 0.3) is 0 Å². The Morgan fingerprint density at radius 1 is 1.38 bits per heavy atom. The highest BCUT2D eigenvalue weighted by Crippen LogP contribution is 2.20. The molecule has 0 saturated heterocycles. The number of amides is 2. The van der Waals surface area contributed by atoms with E-state index < -0.39 is 6.03 Å². The van der Waals surface area contributed by atoms with Crippen LogP contribution in [0.3, 0.4) is 0 Å². The first-order valence-electron chi connectivity index (χ1n) is 4.31. The van der Waals surface area contributed by atoms with Gasteiger partial charge in [-0.3, -0.25) is 5.32 Å². The summed E-state index contributed by atoms with van der Waals surface area (Å²) in [5, 5.41) is 2.63. The molecule has 0 saturated carbocycles. The summed E-state index contributed by atoms with van der Waals surface area (Å²) >= 11 is 1.01. The summed E-state index contributed by atoms with van der Waals surface area (Å²) < 4.78 is 16.7. The summed E-state index contributed by atoms with van der Waals surface area (Å²) in [6.45, 7) is 0. The zero-order valence-electron chi connectivity index (χ0n) is 7.98. The van der Waals surface area contributed by atoms with E-state index in [0.29, 0.717) is 16.5 Å². The Labute approximate surface area is 94.3 Å². The number of primary amides is 1. The monoisotopic (exact) mass is 238 g/mol. The lowest BCUT2D eigenvalue weighted by Gasteiger charge is -1.94. The predicted octanol–water partition coefficient (Wildman–Crippen LogP) is 1.83. The lowest BCUT2D eigenvalue weighted by atomic mass is 10.2. The molecule has 0 bridgehead atoms. The molecule has 0 aliphatic heterocycles. The first kappa shape index (κ1) is 10.5. The van der Waals surface area contributed by atoms with Gasteiger partial charge in [-0.2, -0.15) is 9.36 Å². The van der Waals surface area contributed by atoms with Crippen LogP contribution >= 0.6 is 11.5 Å². The van der Waals surface area contributed by atoms with Gasteiger partial charge in [0.2, 0.25) is 5.13 Å². The van der Waals surface area contributed by atoms with Crippen molar-refractivity contribution in [1.29, 1.82) is 0 Å². The second-order valence-electron chi connectivity index (χ2n) is 2.92. The van der Waals surface area contributed by atoms with Crippen molar-refractivity contribution < 1.29 is 9.18 Å². The maximum absolute atomic E-state index is 12.7. The van der Waals surface area contributed by atoms with Crippen LogP contribution in [0.15, 0.2) is 24.3 Å². The summed E-state index contributed by atoms with van der Waals surface area (Å²) in [6.07, 6.45) is 0. The van der Waals surface area contributed by atoms with Crippen LogP contribution in [0, 0.1) is 5.82 Å². The zero-order chi connectivity index (χ0) is 11.5. The molecule has 0 atom stereocenters. The molecule has 1 aromatic carbocycles. The van der Waals surface area contributed by atoms with E-state index in [4.69, 9.17) is 5.73 Å². The molecular formula is C9H7FN4OS. The standard InChI is InChI=1S/C9H7FN4OS/c10-6-3-1-5(2-4-6)7-12-9(16-14-7)13-8(11)15/h1-4H,(H3,11,12,13,14,15). The zero-order valence-corrected chi connectivity index (χ0v) is 8.79. The molecule has 82 valence electrons. The Morgan fingerprint density at radius 3 is 2.69 bits per heavy atom. The van der Waals surface area contributed by atoms with Gasteiger partial charge in [-0.15, -0.1) is 0 Å². The molecule has 16 heavy (non-hydrogen) atoms. The van der Waals surface area contributed by atoms with E-state index in [0.717, 1.165) is 11.5 Å². The minimum atomic E-state index is -0.693. The van der Waals surface area contributed by atoms with Gasteiger partial charge in [-0.05, 0) is 24.3 Å². The van der Waals surface area contributed by atoms with Crippen molar-refractivity contribution >= 4 is 22.7 Å². The van der Waals surface area contributed by atoms with Crippen molar-refractivity contribution in [2.45, 2.75) is 0 Å². The quantitative estimate of drug-likeness (QED) is 0.837. The van der Waals surface area contributed by atoms with Crippen molar-refractivity contribution in [3.63, 3.8) is 0 Å². The summed E-state index contributed by atoms with van der Waals surface area (Å²) in [4.78, 5) is 14.6. The maximum Gasteiger partial charge on any atom is 0.318 e. The number of anilines is 1. The first-order chi connectivity index (χ1) is 7.65. The van der Waals surface area contributed by atoms with Gasteiger partial charge in [0, 0.05) is 17.1 Å². The summed E-state index contributed by atoms with van der Waals surface area (Å²) in [6, 6.07) is 5.06. The van der Waals surface area contributed by atoms with Crippen LogP contribution in [0.5, 0.6) is 0 Å². The van der Waals surface area contributed by atoms with Gasteiger partial charge < -0.3 is 5.73 Å². The Bertz CT molecular complexity index is 510. The second-order valence-corrected chi connectivity index (χ2v) is 3.67. The number of nitrogens with two attached hydrogens (primary N) is 1. The fourth-order valence-electron chi connectivity index (χ4n) is 1.10. The molecule has 0 radical (unpaired) electrons. The molecule has 1 heterocycles. The van der Waals surface area contributed by atoms with E-state index in [-0.39, 0.29) is 5.82 Å². The van der Waals surface area contributed by atoms with Crippen molar-refractivity contribution in [3.05, 3.63) is 30.1 Å². The SMILES string of the molecule is NC(=O)Nc1nc(-c2ccc(F)cc2)ns1. The van der Waals surface area contributed by atoms with Gasteiger partial charge in [0.15, 0.2) is 5.82 Å². The van der Waals surface area contributed by atoms with Gasteiger partial charge in [0.1, 0.15) is 5.82 Å². The van der Waals surface area contributed by atoms with Crippen LogP contribution in [0.2, 0.25) is 0 Å². The fourth-order valence-corrected chi connectivity index (χ4v) is 1.69. The molecule has 0 aliphatic rings. The molecule has 2 amide bonds. The Balaban J connectivity index is 2.24. The van der Waals surface area contributed by atoms with E-state index in [1.807, 2.05) is 0 Å². The highest BCUT2D eigenvalue weighted by molar-refractivity contribution is 7.10. The molecular weight excluding hydrogens is 231 g/mol. The number of carbonyl (C=O) groups excluding carboxylic acids is 1. The van der Waals surface area contributed by atoms with Gasteiger partial charge in [-0.1, -0.05) is 0 Å². The number of urea groups is 1. The normalized spacial score (nSPS) is 10.1. The number of nitrogens with zero attached hydrogens (tertiary/aromatic N) is 2. The number of carbonyl (C=O) groups is 1. The van der Waals surface area contributed by atoms with Gasteiger partial charge in [-0.25, -0.2) is 9.18 Å². The van der Waals surface area contributed by atoms with E-state index in [9.17, 15) is 9.18 Å². The van der Waals surface area contributed by atoms with Crippen molar-refractivity contribution in [1.82, 2.24) is 9.36 Å². The smallest absolute Gasteiger partial charge is 0.318 e. The Hall–Kier alpha value is -2.02. The topological polar surface area (TPSA) is 80.9 Å². The van der Waals surface area contributed by atoms with Crippen LogP contribution in [0.25, 0.3) is 11.4 Å². The van der Waals surface area contributed by atoms with Crippen LogP contribution in [0.1, 0.15) is 0 Å². The number of benzene rings is 1. The highest BCUT2D eigenvalue weighted by atomic mass is 32.1. The number of aromatic nitrogens is 2. The highest BCUT2D eigenvalue weighted by Gasteiger charge is 2.07. The van der Waals surface area contributed by atoms with Gasteiger partial charge in [0.05, 0.1) is 0 Å². The maximum atomic E-state index is 12.7. The Kier molecular flexibility index (Phi) is 2.78. The number of hydrogen-bond acceptors (Lipinski definition) is 4. The average molecular weight is 238 g/mol. The molecule has 2 rings (SSSR count). The molecule has 0 unspecified atom stereocenters. The number of halogens is 1. The molecule has 0 aliphatic carbocycles. The van der Waals surface area contributed by atoms with E-state index in [1.165, 1.54) is 12.1 Å². The van der Waals surface area contributed by atoms with Crippen LogP contribution in [0.4, 0.5) is 14.3 Å². The number of nitrogens with one attached hydrogen (secondary N) is 1. The first-order valence-corrected chi connectivity index (χ1v) is 5.08. The minimum absolute atomic E-state index is 0.312. The third kappa shape index (κ3) is 2.31. The van der Waals surface area contributed by atoms with E-state index in [2.05, 4.69) is 14.7 Å². The molecule has 5 nitrogen and oxygen atoms in total. The van der Waals surface area contributed by atoms with Crippen molar-refractivity contribution in [3.8, 4) is 11.4 Å². The molecule has 3 N–H and O–H groups in total. The Morgan fingerprint density at radius 2 is 2.06 bits per heavy atom. The molecule has 0 fully saturated rings. The molecule has 2 aromatic rings. The van der Waals surface area contributed by atoms with E-state index in [1.54, 1.807) is 12.1 Å². The number of hydrogen-bond donors (Lipinski definition) is 2. The predicted molar refractivity (Wildman–Crippen MR) is 58.5 cm³/mol. The third-order valence-electron chi connectivity index (χ3n) is 1.76.